The van der Waals surface area contributed by atoms with Crippen molar-refractivity contribution in [3.63, 3.8) is 0 Å². The highest BCUT2D eigenvalue weighted by Crippen LogP contribution is 2.19. The number of urea groups is 1. The predicted molar refractivity (Wildman–Crippen MR) is 69.4 cm³/mol. The van der Waals surface area contributed by atoms with E-state index < -0.39 is 5.97 Å². The zero-order valence-electron chi connectivity index (χ0n) is 11.1. The lowest BCUT2D eigenvalue weighted by Crippen LogP contribution is -2.46. The SMILES string of the molecule is CC(C)N(CC(=O)O)C(=O)NCCC1=CCCC1. The number of carboxylic acids is 1. The molecule has 0 aromatic carbocycles. The van der Waals surface area contributed by atoms with Crippen LogP contribution in [0.1, 0.15) is 39.5 Å². The van der Waals surface area contributed by atoms with E-state index in [1.54, 1.807) is 0 Å². The summed E-state index contributed by atoms with van der Waals surface area (Å²) in [5.41, 5.74) is 1.39. The van der Waals surface area contributed by atoms with E-state index in [1.165, 1.54) is 16.9 Å². The number of carboxylic acid groups (broad SMARTS) is 1. The summed E-state index contributed by atoms with van der Waals surface area (Å²) in [5, 5.41) is 11.5. The van der Waals surface area contributed by atoms with E-state index in [0.717, 1.165) is 19.3 Å². The summed E-state index contributed by atoms with van der Waals surface area (Å²) in [5.74, 6) is -0.989. The number of carbonyl (C=O) groups excluding carboxylic acids is 1. The van der Waals surface area contributed by atoms with Gasteiger partial charge in [0, 0.05) is 12.6 Å². The van der Waals surface area contributed by atoms with Crippen molar-refractivity contribution >= 4 is 12.0 Å². The Morgan fingerprint density at radius 1 is 1.50 bits per heavy atom. The Hall–Kier alpha value is -1.52. The standard InChI is InChI=1S/C13H22N2O3/c1-10(2)15(9-12(16)17)13(18)14-8-7-11-5-3-4-6-11/h5,10H,3-4,6-9H2,1-2H3,(H,14,18)(H,16,17). The van der Waals surface area contributed by atoms with Gasteiger partial charge in [-0.1, -0.05) is 11.6 Å². The lowest BCUT2D eigenvalue weighted by Gasteiger charge is -2.25. The van der Waals surface area contributed by atoms with Crippen LogP contribution < -0.4 is 5.32 Å². The fourth-order valence-corrected chi connectivity index (χ4v) is 2.03. The largest absolute Gasteiger partial charge is 0.480 e. The molecule has 0 atom stereocenters. The molecule has 0 fully saturated rings. The number of nitrogens with one attached hydrogen (secondary N) is 1. The van der Waals surface area contributed by atoms with Crippen LogP contribution in [0, 0.1) is 0 Å². The van der Waals surface area contributed by atoms with Gasteiger partial charge in [-0.3, -0.25) is 4.79 Å². The summed E-state index contributed by atoms with van der Waals surface area (Å²) in [6, 6.07) is -0.419. The van der Waals surface area contributed by atoms with E-state index >= 15 is 0 Å². The molecule has 0 aliphatic heterocycles. The van der Waals surface area contributed by atoms with Gasteiger partial charge in [0.25, 0.3) is 0 Å². The third-order valence-corrected chi connectivity index (χ3v) is 3.05. The van der Waals surface area contributed by atoms with Crippen molar-refractivity contribution < 1.29 is 14.7 Å². The highest BCUT2D eigenvalue weighted by molar-refractivity contribution is 5.80. The Balaban J connectivity index is 2.34. The van der Waals surface area contributed by atoms with Crippen molar-refractivity contribution in [1.82, 2.24) is 10.2 Å². The van der Waals surface area contributed by atoms with Crippen LogP contribution in [0.25, 0.3) is 0 Å². The zero-order valence-corrected chi connectivity index (χ0v) is 11.1. The molecule has 5 nitrogen and oxygen atoms in total. The molecule has 0 saturated heterocycles. The number of carbonyl (C=O) groups is 2. The Morgan fingerprint density at radius 2 is 2.22 bits per heavy atom. The van der Waals surface area contributed by atoms with Gasteiger partial charge in [0.1, 0.15) is 6.54 Å². The molecule has 0 saturated carbocycles. The van der Waals surface area contributed by atoms with Gasteiger partial charge in [0.05, 0.1) is 0 Å². The monoisotopic (exact) mass is 254 g/mol. The number of amides is 2. The highest BCUT2D eigenvalue weighted by Gasteiger charge is 2.19. The molecule has 0 aromatic rings. The first kappa shape index (κ1) is 14.5. The number of hydrogen-bond acceptors (Lipinski definition) is 2. The second kappa shape index (κ2) is 7.03. The minimum absolute atomic E-state index is 0.119. The van der Waals surface area contributed by atoms with Crippen LogP contribution in [0.3, 0.4) is 0 Å². The molecule has 1 aliphatic carbocycles. The molecule has 2 N–H and O–H groups in total. The van der Waals surface area contributed by atoms with Gasteiger partial charge in [0.2, 0.25) is 0 Å². The highest BCUT2D eigenvalue weighted by atomic mass is 16.4. The van der Waals surface area contributed by atoms with E-state index in [4.69, 9.17) is 5.11 Å². The fraction of sp³-hybridized carbons (Fsp3) is 0.692. The van der Waals surface area contributed by atoms with Crippen molar-refractivity contribution in [2.75, 3.05) is 13.1 Å². The number of aliphatic carboxylic acids is 1. The van der Waals surface area contributed by atoms with Gasteiger partial charge in [-0.2, -0.15) is 0 Å². The van der Waals surface area contributed by atoms with Crippen LogP contribution in [-0.2, 0) is 4.79 Å². The maximum atomic E-state index is 11.8. The average molecular weight is 254 g/mol. The van der Waals surface area contributed by atoms with Gasteiger partial charge >= 0.3 is 12.0 Å². The first-order valence-electron chi connectivity index (χ1n) is 6.45. The van der Waals surface area contributed by atoms with Gasteiger partial charge in [-0.15, -0.1) is 0 Å². The van der Waals surface area contributed by atoms with E-state index in [2.05, 4.69) is 11.4 Å². The van der Waals surface area contributed by atoms with E-state index in [-0.39, 0.29) is 18.6 Å². The molecule has 0 aromatic heterocycles. The number of allylic oxidation sites excluding steroid dienone is 1. The summed E-state index contributed by atoms with van der Waals surface area (Å²) in [6.07, 6.45) is 6.56. The van der Waals surface area contributed by atoms with Gasteiger partial charge in [-0.25, -0.2) is 4.79 Å². The van der Waals surface area contributed by atoms with Crippen LogP contribution in [0.2, 0.25) is 0 Å². The molecule has 0 unspecified atom stereocenters. The Kier molecular flexibility index (Phi) is 5.68. The third-order valence-electron chi connectivity index (χ3n) is 3.05. The maximum absolute atomic E-state index is 11.8. The normalized spacial score (nSPS) is 14.5. The van der Waals surface area contributed by atoms with Crippen LogP contribution >= 0.6 is 0 Å². The summed E-state index contributed by atoms with van der Waals surface area (Å²) in [6.45, 7) is 3.93. The van der Waals surface area contributed by atoms with Crippen molar-refractivity contribution in [1.29, 1.82) is 0 Å². The summed E-state index contributed by atoms with van der Waals surface area (Å²) in [7, 11) is 0. The van der Waals surface area contributed by atoms with E-state index in [0.29, 0.717) is 6.54 Å². The number of hydrogen-bond donors (Lipinski definition) is 2. The molecule has 2 amide bonds. The van der Waals surface area contributed by atoms with Crippen molar-refractivity contribution in [3.8, 4) is 0 Å². The summed E-state index contributed by atoms with van der Waals surface area (Å²) in [4.78, 5) is 23.8. The molecule has 0 bridgehead atoms. The van der Waals surface area contributed by atoms with E-state index in [1.807, 2.05) is 13.8 Å². The van der Waals surface area contributed by atoms with Crippen LogP contribution in [0.15, 0.2) is 11.6 Å². The number of nitrogens with zero attached hydrogens (tertiary/aromatic N) is 1. The Morgan fingerprint density at radius 3 is 2.72 bits per heavy atom. The topological polar surface area (TPSA) is 69.6 Å². The molecular weight excluding hydrogens is 232 g/mol. The third kappa shape index (κ3) is 4.77. The summed E-state index contributed by atoms with van der Waals surface area (Å²) >= 11 is 0. The first-order valence-corrected chi connectivity index (χ1v) is 6.45. The second-order valence-electron chi connectivity index (χ2n) is 4.85. The van der Waals surface area contributed by atoms with Gasteiger partial charge in [0.15, 0.2) is 0 Å². The molecule has 0 heterocycles. The second-order valence-corrected chi connectivity index (χ2v) is 4.85. The molecule has 1 aliphatic rings. The van der Waals surface area contributed by atoms with Crippen molar-refractivity contribution in [2.24, 2.45) is 0 Å². The van der Waals surface area contributed by atoms with Gasteiger partial charge < -0.3 is 15.3 Å². The summed E-state index contributed by atoms with van der Waals surface area (Å²) < 4.78 is 0. The lowest BCUT2D eigenvalue weighted by molar-refractivity contribution is -0.138. The quantitative estimate of drug-likeness (QED) is 0.712. The molecule has 18 heavy (non-hydrogen) atoms. The van der Waals surface area contributed by atoms with Crippen LogP contribution in [0.5, 0.6) is 0 Å². The average Bonchev–Trinajstić information content (AvgIpc) is 2.78. The van der Waals surface area contributed by atoms with E-state index in [9.17, 15) is 9.59 Å². The maximum Gasteiger partial charge on any atom is 0.323 e. The Bertz CT molecular complexity index is 337. The molecule has 0 spiro atoms. The molecule has 102 valence electrons. The molecule has 5 heteroatoms. The van der Waals surface area contributed by atoms with Crippen molar-refractivity contribution in [3.05, 3.63) is 11.6 Å². The number of rotatable bonds is 6. The minimum atomic E-state index is -0.989. The van der Waals surface area contributed by atoms with Gasteiger partial charge in [-0.05, 0) is 39.5 Å². The molecular formula is C13H22N2O3. The van der Waals surface area contributed by atoms with Crippen LogP contribution in [0.4, 0.5) is 4.79 Å². The van der Waals surface area contributed by atoms with Crippen LogP contribution in [-0.4, -0.2) is 41.1 Å². The molecule has 0 radical (unpaired) electrons. The fourth-order valence-electron chi connectivity index (χ4n) is 2.03. The minimum Gasteiger partial charge on any atom is -0.480 e. The predicted octanol–water partition coefficient (Wildman–Crippen LogP) is 1.99. The van der Waals surface area contributed by atoms with Crippen molar-refractivity contribution in [2.45, 2.75) is 45.6 Å². The Labute approximate surface area is 108 Å². The molecule has 1 rings (SSSR count). The smallest absolute Gasteiger partial charge is 0.323 e. The first-order chi connectivity index (χ1) is 8.50. The lowest BCUT2D eigenvalue weighted by atomic mass is 10.2. The zero-order chi connectivity index (χ0) is 13.5.